The molecule has 4 aromatic rings. The minimum atomic E-state index is -0.404. The van der Waals surface area contributed by atoms with Crippen molar-refractivity contribution in [3.8, 4) is 0 Å². The number of fused-ring (bicyclic) bond motifs is 2. The van der Waals surface area contributed by atoms with Crippen LogP contribution >= 0.6 is 0 Å². The molecule has 2 aromatic heterocycles. The van der Waals surface area contributed by atoms with Crippen LogP contribution in [0.5, 0.6) is 0 Å². The average Bonchev–Trinajstić information content (AvgIpc) is 3.05. The summed E-state index contributed by atoms with van der Waals surface area (Å²) in [6, 6.07) is 14.3. The van der Waals surface area contributed by atoms with Gasteiger partial charge >= 0.3 is 0 Å². The third kappa shape index (κ3) is 2.54. The molecule has 1 amide bonds. The van der Waals surface area contributed by atoms with Crippen LogP contribution in [0.15, 0.2) is 59.7 Å². The second kappa shape index (κ2) is 6.11. The molecule has 0 aliphatic carbocycles. The molecule has 130 valence electrons. The Bertz CT molecular complexity index is 1190. The van der Waals surface area contributed by atoms with E-state index in [2.05, 4.69) is 15.5 Å². The van der Waals surface area contributed by atoms with Gasteiger partial charge in [0.2, 0.25) is 0 Å². The summed E-state index contributed by atoms with van der Waals surface area (Å²) in [7, 11) is 0. The first-order valence-corrected chi connectivity index (χ1v) is 8.31. The number of benzene rings is 2. The van der Waals surface area contributed by atoms with Gasteiger partial charge in [0.25, 0.3) is 11.5 Å². The van der Waals surface area contributed by atoms with Gasteiger partial charge in [-0.2, -0.15) is 5.10 Å². The van der Waals surface area contributed by atoms with Crippen LogP contribution in [0.2, 0.25) is 0 Å². The van der Waals surface area contributed by atoms with E-state index in [9.17, 15) is 9.59 Å². The number of hydrogen-bond donors (Lipinski definition) is 1. The van der Waals surface area contributed by atoms with Gasteiger partial charge in [-0.25, -0.2) is 14.3 Å². The molecule has 0 bridgehead atoms. The molecule has 7 nitrogen and oxygen atoms in total. The van der Waals surface area contributed by atoms with E-state index in [1.54, 1.807) is 35.3 Å². The normalized spacial score (nSPS) is 11.3. The fourth-order valence-corrected chi connectivity index (χ4v) is 2.93. The van der Waals surface area contributed by atoms with Crippen LogP contribution < -0.4 is 11.0 Å². The molecular weight excluding hydrogens is 330 g/mol. The molecule has 0 aliphatic rings. The lowest BCUT2D eigenvalue weighted by atomic mass is 10.1. The molecule has 0 saturated heterocycles. The zero-order chi connectivity index (χ0) is 18.3. The van der Waals surface area contributed by atoms with Crippen molar-refractivity contribution in [2.45, 2.75) is 19.9 Å². The molecule has 0 aliphatic heterocycles. The Kier molecular flexibility index (Phi) is 3.76. The van der Waals surface area contributed by atoms with Gasteiger partial charge in [-0.3, -0.25) is 15.0 Å². The molecular formula is C19H17N5O2. The Morgan fingerprint density at radius 3 is 2.50 bits per heavy atom. The van der Waals surface area contributed by atoms with Crippen LogP contribution in [-0.2, 0) is 0 Å². The van der Waals surface area contributed by atoms with E-state index in [1.807, 2.05) is 38.1 Å². The minimum absolute atomic E-state index is 0.160. The van der Waals surface area contributed by atoms with Crippen molar-refractivity contribution in [2.75, 3.05) is 5.43 Å². The van der Waals surface area contributed by atoms with Gasteiger partial charge in [-0.15, -0.1) is 0 Å². The number of carbonyl (C=O) groups excluding carboxylic acids is 1. The third-order valence-electron chi connectivity index (χ3n) is 4.21. The summed E-state index contributed by atoms with van der Waals surface area (Å²) in [6.07, 6.45) is 1.54. The van der Waals surface area contributed by atoms with Crippen LogP contribution in [0.1, 0.15) is 30.4 Å². The second-order valence-corrected chi connectivity index (χ2v) is 6.28. The highest BCUT2D eigenvalue weighted by molar-refractivity contribution is 6.08. The van der Waals surface area contributed by atoms with Crippen LogP contribution in [0.25, 0.3) is 21.8 Å². The minimum Gasteiger partial charge on any atom is -0.267 e. The first-order valence-electron chi connectivity index (χ1n) is 8.31. The molecule has 0 fully saturated rings. The van der Waals surface area contributed by atoms with E-state index in [1.165, 1.54) is 4.68 Å². The zero-order valence-electron chi connectivity index (χ0n) is 14.4. The van der Waals surface area contributed by atoms with Gasteiger partial charge in [-0.1, -0.05) is 30.3 Å². The lowest BCUT2D eigenvalue weighted by Gasteiger charge is -2.14. The van der Waals surface area contributed by atoms with Crippen LogP contribution in [0.4, 0.5) is 0 Å². The van der Waals surface area contributed by atoms with Gasteiger partial charge in [0.05, 0.1) is 22.5 Å². The molecule has 0 spiro atoms. The van der Waals surface area contributed by atoms with E-state index >= 15 is 0 Å². The Morgan fingerprint density at radius 2 is 1.73 bits per heavy atom. The zero-order valence-corrected chi connectivity index (χ0v) is 14.4. The average molecular weight is 347 g/mol. The Balaban J connectivity index is 1.84. The fourth-order valence-electron chi connectivity index (χ4n) is 2.93. The number of imidazole rings is 1. The maximum absolute atomic E-state index is 12.9. The topological polar surface area (TPSA) is 81.8 Å². The fraction of sp³-hybridized carbons (Fsp3) is 0.158. The SMILES string of the molecule is CC(C)n1nc(C(=O)Nn2cnc3ccccc32)c2ccccc2c1=O. The van der Waals surface area contributed by atoms with Crippen molar-refractivity contribution in [1.82, 2.24) is 19.4 Å². The highest BCUT2D eigenvalue weighted by Crippen LogP contribution is 2.16. The van der Waals surface area contributed by atoms with E-state index in [-0.39, 0.29) is 17.3 Å². The van der Waals surface area contributed by atoms with Crippen LogP contribution in [0, 0.1) is 0 Å². The highest BCUT2D eigenvalue weighted by Gasteiger charge is 2.18. The molecule has 7 heteroatoms. The summed E-state index contributed by atoms with van der Waals surface area (Å²) in [5, 5.41) is 5.31. The van der Waals surface area contributed by atoms with Crippen LogP contribution in [0.3, 0.4) is 0 Å². The monoisotopic (exact) mass is 347 g/mol. The van der Waals surface area contributed by atoms with E-state index < -0.39 is 5.91 Å². The van der Waals surface area contributed by atoms with Crippen molar-refractivity contribution in [1.29, 1.82) is 0 Å². The number of para-hydroxylation sites is 2. The second-order valence-electron chi connectivity index (χ2n) is 6.28. The van der Waals surface area contributed by atoms with Crippen LogP contribution in [-0.4, -0.2) is 25.3 Å². The summed E-state index contributed by atoms with van der Waals surface area (Å²) in [5.41, 5.74) is 4.34. The van der Waals surface area contributed by atoms with E-state index in [4.69, 9.17) is 0 Å². The van der Waals surface area contributed by atoms with Gasteiger partial charge in [-0.05, 0) is 32.0 Å². The first-order chi connectivity index (χ1) is 12.6. The van der Waals surface area contributed by atoms with Gasteiger partial charge in [0.15, 0.2) is 5.69 Å². The smallest absolute Gasteiger partial charge is 0.267 e. The predicted octanol–water partition coefficient (Wildman–Crippen LogP) is 2.71. The highest BCUT2D eigenvalue weighted by atomic mass is 16.2. The Morgan fingerprint density at radius 1 is 1.04 bits per heavy atom. The quantitative estimate of drug-likeness (QED) is 0.618. The molecule has 1 N–H and O–H groups in total. The third-order valence-corrected chi connectivity index (χ3v) is 4.21. The number of aromatic nitrogens is 4. The predicted molar refractivity (Wildman–Crippen MR) is 99.8 cm³/mol. The molecule has 0 atom stereocenters. The van der Waals surface area contributed by atoms with Crippen molar-refractivity contribution >= 4 is 27.7 Å². The van der Waals surface area contributed by atoms with E-state index in [0.29, 0.717) is 10.8 Å². The number of amides is 1. The molecule has 0 radical (unpaired) electrons. The molecule has 0 saturated carbocycles. The largest absolute Gasteiger partial charge is 0.291 e. The maximum Gasteiger partial charge on any atom is 0.291 e. The molecule has 2 aromatic carbocycles. The lowest BCUT2D eigenvalue weighted by Crippen LogP contribution is -2.30. The van der Waals surface area contributed by atoms with Crippen molar-refractivity contribution in [3.05, 3.63) is 70.9 Å². The summed E-state index contributed by atoms with van der Waals surface area (Å²) < 4.78 is 2.89. The summed E-state index contributed by atoms with van der Waals surface area (Å²) >= 11 is 0. The Labute approximate surface area is 148 Å². The summed E-state index contributed by atoms with van der Waals surface area (Å²) in [4.78, 5) is 29.8. The van der Waals surface area contributed by atoms with Crippen molar-refractivity contribution < 1.29 is 4.79 Å². The first kappa shape index (κ1) is 16.0. The van der Waals surface area contributed by atoms with Crippen molar-refractivity contribution in [3.63, 3.8) is 0 Å². The van der Waals surface area contributed by atoms with Gasteiger partial charge < -0.3 is 0 Å². The molecule has 26 heavy (non-hydrogen) atoms. The van der Waals surface area contributed by atoms with Gasteiger partial charge in [0.1, 0.15) is 6.33 Å². The number of nitrogens with zero attached hydrogens (tertiary/aromatic N) is 4. The van der Waals surface area contributed by atoms with E-state index in [0.717, 1.165) is 11.0 Å². The summed E-state index contributed by atoms with van der Waals surface area (Å²) in [6.45, 7) is 3.71. The molecule has 2 heterocycles. The Hall–Kier alpha value is -3.48. The molecule has 0 unspecified atom stereocenters. The standard InChI is InChI=1S/C19H17N5O2/c1-12(2)24-19(26)14-8-4-3-7-13(14)17(21-24)18(25)22-23-11-20-15-9-5-6-10-16(15)23/h3-12H,1-2H3,(H,22,25). The number of nitrogens with one attached hydrogen (secondary N) is 1. The maximum atomic E-state index is 12.9. The molecule has 4 rings (SSSR count). The number of carbonyl (C=O) groups is 1. The number of rotatable bonds is 3. The summed E-state index contributed by atoms with van der Waals surface area (Å²) in [5.74, 6) is -0.404. The van der Waals surface area contributed by atoms with Gasteiger partial charge in [0, 0.05) is 5.39 Å². The number of hydrogen-bond acceptors (Lipinski definition) is 4. The lowest BCUT2D eigenvalue weighted by molar-refractivity contribution is 0.100. The van der Waals surface area contributed by atoms with Crippen molar-refractivity contribution in [2.24, 2.45) is 0 Å².